The Morgan fingerprint density at radius 3 is 2.62 bits per heavy atom. The van der Waals surface area contributed by atoms with Gasteiger partial charge in [0.1, 0.15) is 12.1 Å². The van der Waals surface area contributed by atoms with Crippen LogP contribution in [0.1, 0.15) is 5.89 Å². The molecule has 0 bridgehead atoms. The molecule has 0 radical (unpaired) electrons. The van der Waals surface area contributed by atoms with Crippen LogP contribution in [-0.2, 0) is 6.54 Å². The molecule has 0 spiro atoms. The fourth-order valence-corrected chi connectivity index (χ4v) is 2.41. The van der Waals surface area contributed by atoms with E-state index in [1.807, 2.05) is 0 Å². The van der Waals surface area contributed by atoms with E-state index in [1.54, 1.807) is 48.5 Å². The summed E-state index contributed by atoms with van der Waals surface area (Å²) in [7, 11) is 0. The number of nitrogens with zero attached hydrogens (tertiary/aromatic N) is 5. The SMILES string of the molecule is O=c1c2ccccc2nnn1Cc1nnc(-c2ccc(Cl)cc2)o1. The zero-order chi connectivity index (χ0) is 16.5. The Balaban J connectivity index is 1.66. The van der Waals surface area contributed by atoms with Gasteiger partial charge in [-0.05, 0) is 36.4 Å². The number of hydrogen-bond donors (Lipinski definition) is 0. The summed E-state index contributed by atoms with van der Waals surface area (Å²) in [6, 6.07) is 14.1. The quantitative estimate of drug-likeness (QED) is 0.570. The van der Waals surface area contributed by atoms with E-state index in [2.05, 4.69) is 20.5 Å². The molecule has 0 amide bonds. The van der Waals surface area contributed by atoms with Crippen LogP contribution in [0, 0.1) is 0 Å². The predicted octanol–water partition coefficient (Wildman–Crippen LogP) is 2.54. The second-order valence-corrected chi connectivity index (χ2v) is 5.51. The molecule has 0 atom stereocenters. The lowest BCUT2D eigenvalue weighted by Gasteiger charge is -2.01. The van der Waals surface area contributed by atoms with Crippen molar-refractivity contribution in [1.29, 1.82) is 0 Å². The molecule has 4 aromatic rings. The Labute approximate surface area is 140 Å². The van der Waals surface area contributed by atoms with Crippen molar-refractivity contribution in [2.45, 2.75) is 6.54 Å². The summed E-state index contributed by atoms with van der Waals surface area (Å²) in [6.45, 7) is 0.0528. The summed E-state index contributed by atoms with van der Waals surface area (Å²) in [5, 5.41) is 17.0. The van der Waals surface area contributed by atoms with Gasteiger partial charge in [-0.2, -0.15) is 0 Å². The first-order chi connectivity index (χ1) is 11.7. The molecule has 118 valence electrons. The number of rotatable bonds is 3. The molecule has 24 heavy (non-hydrogen) atoms. The number of fused-ring (bicyclic) bond motifs is 1. The van der Waals surface area contributed by atoms with Crippen LogP contribution in [0.4, 0.5) is 0 Å². The summed E-state index contributed by atoms with van der Waals surface area (Å²) >= 11 is 5.86. The van der Waals surface area contributed by atoms with E-state index < -0.39 is 0 Å². The fraction of sp³-hybridized carbons (Fsp3) is 0.0625. The standard InChI is InChI=1S/C16H10ClN5O2/c17-11-7-5-10(6-8-11)15-20-19-14(24-15)9-22-16(23)12-3-1-2-4-13(12)18-21-22/h1-8H,9H2. The van der Waals surface area contributed by atoms with E-state index >= 15 is 0 Å². The van der Waals surface area contributed by atoms with Gasteiger partial charge in [-0.25, -0.2) is 4.68 Å². The Kier molecular flexibility index (Phi) is 3.55. The van der Waals surface area contributed by atoms with Crippen molar-refractivity contribution in [3.8, 4) is 11.5 Å². The van der Waals surface area contributed by atoms with Gasteiger partial charge >= 0.3 is 0 Å². The van der Waals surface area contributed by atoms with Gasteiger partial charge in [0, 0.05) is 10.6 Å². The van der Waals surface area contributed by atoms with Crippen LogP contribution in [0.3, 0.4) is 0 Å². The van der Waals surface area contributed by atoms with Crippen molar-refractivity contribution < 1.29 is 4.42 Å². The van der Waals surface area contributed by atoms with Crippen LogP contribution < -0.4 is 5.56 Å². The maximum atomic E-state index is 12.4. The first-order valence-electron chi connectivity index (χ1n) is 7.11. The third-order valence-corrected chi connectivity index (χ3v) is 3.72. The van der Waals surface area contributed by atoms with Crippen molar-refractivity contribution in [1.82, 2.24) is 25.2 Å². The van der Waals surface area contributed by atoms with E-state index in [0.717, 1.165) is 5.56 Å². The highest BCUT2D eigenvalue weighted by atomic mass is 35.5. The third-order valence-electron chi connectivity index (χ3n) is 3.47. The molecule has 0 aliphatic carbocycles. The molecule has 2 aromatic heterocycles. The molecular formula is C16H10ClN5O2. The van der Waals surface area contributed by atoms with Gasteiger partial charge in [0.25, 0.3) is 5.56 Å². The zero-order valence-electron chi connectivity index (χ0n) is 12.3. The molecule has 0 aliphatic heterocycles. The number of benzene rings is 2. The summed E-state index contributed by atoms with van der Waals surface area (Å²) < 4.78 is 6.78. The highest BCUT2D eigenvalue weighted by Crippen LogP contribution is 2.20. The van der Waals surface area contributed by atoms with Gasteiger partial charge in [0.15, 0.2) is 0 Å². The van der Waals surface area contributed by atoms with Crippen LogP contribution in [0.15, 0.2) is 57.7 Å². The van der Waals surface area contributed by atoms with Crippen LogP contribution in [0.25, 0.3) is 22.4 Å². The molecule has 0 aliphatic rings. The Morgan fingerprint density at radius 2 is 1.79 bits per heavy atom. The molecule has 0 N–H and O–H groups in total. The van der Waals surface area contributed by atoms with Crippen LogP contribution in [0.5, 0.6) is 0 Å². The largest absolute Gasteiger partial charge is 0.419 e. The number of halogens is 1. The number of hydrogen-bond acceptors (Lipinski definition) is 6. The highest BCUT2D eigenvalue weighted by molar-refractivity contribution is 6.30. The number of aromatic nitrogens is 5. The van der Waals surface area contributed by atoms with E-state index in [4.69, 9.17) is 16.0 Å². The fourth-order valence-electron chi connectivity index (χ4n) is 2.28. The van der Waals surface area contributed by atoms with Gasteiger partial charge < -0.3 is 4.42 Å². The van der Waals surface area contributed by atoms with Crippen LogP contribution >= 0.6 is 11.6 Å². The van der Waals surface area contributed by atoms with Crippen molar-refractivity contribution in [2.24, 2.45) is 0 Å². The maximum Gasteiger partial charge on any atom is 0.278 e. The summed E-state index contributed by atoms with van der Waals surface area (Å²) in [6.07, 6.45) is 0. The Hall–Kier alpha value is -3.06. The van der Waals surface area contributed by atoms with Crippen LogP contribution in [-0.4, -0.2) is 25.2 Å². The lowest BCUT2D eigenvalue weighted by molar-refractivity contribution is 0.458. The van der Waals surface area contributed by atoms with Gasteiger partial charge in [0.2, 0.25) is 11.8 Å². The Bertz CT molecular complexity index is 1070. The average Bonchev–Trinajstić information content (AvgIpc) is 3.07. The molecule has 2 aromatic carbocycles. The first kappa shape index (κ1) is 14.5. The second-order valence-electron chi connectivity index (χ2n) is 5.08. The molecule has 0 unspecified atom stereocenters. The van der Waals surface area contributed by atoms with Gasteiger partial charge in [0.05, 0.1) is 5.39 Å². The molecular weight excluding hydrogens is 330 g/mol. The van der Waals surface area contributed by atoms with Crippen LogP contribution in [0.2, 0.25) is 5.02 Å². The maximum absolute atomic E-state index is 12.4. The molecule has 7 nitrogen and oxygen atoms in total. The minimum atomic E-state index is -0.258. The van der Waals surface area contributed by atoms with E-state index in [0.29, 0.717) is 21.8 Å². The average molecular weight is 340 g/mol. The molecule has 8 heteroatoms. The van der Waals surface area contributed by atoms with Crippen molar-refractivity contribution in [3.63, 3.8) is 0 Å². The van der Waals surface area contributed by atoms with Gasteiger partial charge in [-0.15, -0.1) is 15.3 Å². The van der Waals surface area contributed by atoms with E-state index in [1.165, 1.54) is 4.68 Å². The van der Waals surface area contributed by atoms with Gasteiger partial charge in [-0.1, -0.05) is 28.9 Å². The highest BCUT2D eigenvalue weighted by Gasteiger charge is 2.12. The monoisotopic (exact) mass is 339 g/mol. The van der Waals surface area contributed by atoms with Crippen molar-refractivity contribution in [3.05, 3.63) is 69.8 Å². The van der Waals surface area contributed by atoms with Crippen molar-refractivity contribution >= 4 is 22.5 Å². The minimum absolute atomic E-state index is 0.0528. The first-order valence-corrected chi connectivity index (χ1v) is 7.49. The molecule has 0 saturated carbocycles. The normalized spacial score (nSPS) is 11.0. The third kappa shape index (κ3) is 2.65. The zero-order valence-corrected chi connectivity index (χ0v) is 13.0. The second kappa shape index (κ2) is 5.86. The topological polar surface area (TPSA) is 86.7 Å². The minimum Gasteiger partial charge on any atom is -0.419 e. The van der Waals surface area contributed by atoms with Crippen molar-refractivity contribution in [2.75, 3.05) is 0 Å². The van der Waals surface area contributed by atoms with E-state index in [9.17, 15) is 4.79 Å². The molecule has 0 fully saturated rings. The summed E-state index contributed by atoms with van der Waals surface area (Å²) in [5.41, 5.74) is 1.04. The predicted molar refractivity (Wildman–Crippen MR) is 87.6 cm³/mol. The summed E-state index contributed by atoms with van der Waals surface area (Å²) in [4.78, 5) is 12.4. The lowest BCUT2D eigenvalue weighted by Crippen LogP contribution is -2.24. The molecule has 2 heterocycles. The smallest absolute Gasteiger partial charge is 0.278 e. The summed E-state index contributed by atoms with van der Waals surface area (Å²) in [5.74, 6) is 0.620. The molecule has 4 rings (SSSR count). The van der Waals surface area contributed by atoms with Gasteiger partial charge in [-0.3, -0.25) is 4.79 Å². The lowest BCUT2D eigenvalue weighted by atomic mass is 10.2. The molecule has 0 saturated heterocycles. The Morgan fingerprint density at radius 1 is 1.00 bits per heavy atom. The van der Waals surface area contributed by atoms with E-state index in [-0.39, 0.29) is 18.0 Å².